The molecule has 3 N–H and O–H groups in total. The van der Waals surface area contributed by atoms with Crippen molar-refractivity contribution in [1.29, 1.82) is 0 Å². The average Bonchev–Trinajstić information content (AvgIpc) is 2.38. The van der Waals surface area contributed by atoms with Gasteiger partial charge in [-0.1, -0.05) is 20.8 Å². The van der Waals surface area contributed by atoms with E-state index in [4.69, 9.17) is 10.2 Å². The van der Waals surface area contributed by atoms with E-state index in [0.29, 0.717) is 6.42 Å². The second-order valence-electron chi connectivity index (χ2n) is 5.06. The van der Waals surface area contributed by atoms with Crippen LogP contribution in [0.1, 0.15) is 47.9 Å². The molecule has 0 aliphatic rings. The van der Waals surface area contributed by atoms with Gasteiger partial charge in [0.2, 0.25) is 5.91 Å². The normalized spacial score (nSPS) is 10.9. The number of carboxylic acid groups (broad SMARTS) is 2. The van der Waals surface area contributed by atoms with E-state index in [1.54, 1.807) is 13.8 Å². The van der Waals surface area contributed by atoms with Crippen molar-refractivity contribution in [3.8, 4) is 0 Å². The maximum Gasteiger partial charge on any atom is 0.337 e. The number of hydrogen-bond acceptors (Lipinski definition) is 3. The minimum absolute atomic E-state index is 0.0103. The molecule has 0 radical (unpaired) electrons. The molecule has 1 rings (SSSR count). The standard InChI is InChI=1S/C14H17NO5/c1-4-14(2,3)13(20)15-10-7-8(11(16)17)5-6-9(10)12(18)19/h5-7H,4H2,1-3H3,(H,15,20)(H,16,17)(H,18,19). The monoisotopic (exact) mass is 279 g/mol. The van der Waals surface area contributed by atoms with Gasteiger partial charge >= 0.3 is 11.9 Å². The first kappa shape index (κ1) is 15.7. The Kier molecular flexibility index (Phi) is 4.49. The molecule has 1 aromatic rings. The van der Waals surface area contributed by atoms with Crippen LogP contribution in [0.4, 0.5) is 5.69 Å². The van der Waals surface area contributed by atoms with Crippen LogP contribution in [-0.4, -0.2) is 28.1 Å². The first-order chi connectivity index (χ1) is 9.19. The molecule has 20 heavy (non-hydrogen) atoms. The molecule has 0 aliphatic heterocycles. The van der Waals surface area contributed by atoms with Crippen LogP contribution in [0.25, 0.3) is 0 Å². The minimum atomic E-state index is -1.23. The molecule has 0 heterocycles. The number of carboxylic acids is 2. The van der Waals surface area contributed by atoms with Gasteiger partial charge in [-0.2, -0.15) is 0 Å². The summed E-state index contributed by atoms with van der Waals surface area (Å²) in [7, 11) is 0. The lowest BCUT2D eigenvalue weighted by atomic mass is 9.89. The molecule has 0 aliphatic carbocycles. The van der Waals surface area contributed by atoms with E-state index in [-0.39, 0.29) is 22.7 Å². The van der Waals surface area contributed by atoms with Crippen molar-refractivity contribution in [1.82, 2.24) is 0 Å². The number of rotatable bonds is 5. The highest BCUT2D eigenvalue weighted by molar-refractivity contribution is 6.03. The van der Waals surface area contributed by atoms with E-state index in [2.05, 4.69) is 5.32 Å². The third-order valence-corrected chi connectivity index (χ3v) is 3.24. The molecule has 6 nitrogen and oxygen atoms in total. The molecule has 0 unspecified atom stereocenters. The SMILES string of the molecule is CCC(C)(C)C(=O)Nc1cc(C(=O)O)ccc1C(=O)O. The maximum atomic E-state index is 12.1. The summed E-state index contributed by atoms with van der Waals surface area (Å²) in [4.78, 5) is 34.1. The third kappa shape index (κ3) is 3.34. The Morgan fingerprint density at radius 3 is 2.20 bits per heavy atom. The van der Waals surface area contributed by atoms with E-state index in [1.165, 1.54) is 12.1 Å². The van der Waals surface area contributed by atoms with Crippen LogP contribution in [0.5, 0.6) is 0 Å². The Labute approximate surface area is 116 Å². The van der Waals surface area contributed by atoms with Crippen molar-refractivity contribution in [2.24, 2.45) is 5.41 Å². The number of nitrogens with one attached hydrogen (secondary N) is 1. The lowest BCUT2D eigenvalue weighted by Gasteiger charge is -2.22. The lowest BCUT2D eigenvalue weighted by molar-refractivity contribution is -0.124. The van der Waals surface area contributed by atoms with Crippen LogP contribution in [0.15, 0.2) is 18.2 Å². The van der Waals surface area contributed by atoms with Crippen LogP contribution in [-0.2, 0) is 4.79 Å². The maximum absolute atomic E-state index is 12.1. The van der Waals surface area contributed by atoms with Crippen LogP contribution < -0.4 is 5.32 Å². The summed E-state index contributed by atoms with van der Waals surface area (Å²) in [6, 6.07) is 3.50. The van der Waals surface area contributed by atoms with Crippen LogP contribution in [0.2, 0.25) is 0 Å². The Hall–Kier alpha value is -2.37. The highest BCUT2D eigenvalue weighted by atomic mass is 16.4. The molecule has 0 spiro atoms. The molecule has 1 amide bonds. The fourth-order valence-electron chi connectivity index (χ4n) is 1.42. The molecule has 0 aromatic heterocycles. The van der Waals surface area contributed by atoms with Gasteiger partial charge in [-0.25, -0.2) is 9.59 Å². The highest BCUT2D eigenvalue weighted by Crippen LogP contribution is 2.25. The average molecular weight is 279 g/mol. The van der Waals surface area contributed by atoms with Crippen LogP contribution >= 0.6 is 0 Å². The largest absolute Gasteiger partial charge is 0.478 e. The van der Waals surface area contributed by atoms with E-state index in [1.807, 2.05) is 6.92 Å². The first-order valence-corrected chi connectivity index (χ1v) is 6.11. The molecule has 0 saturated carbocycles. The molecule has 108 valence electrons. The van der Waals surface area contributed by atoms with Crippen molar-refractivity contribution in [3.63, 3.8) is 0 Å². The van der Waals surface area contributed by atoms with Gasteiger partial charge in [0.1, 0.15) is 0 Å². The topological polar surface area (TPSA) is 104 Å². The summed E-state index contributed by atoms with van der Waals surface area (Å²) in [6.07, 6.45) is 0.569. The van der Waals surface area contributed by atoms with Crippen LogP contribution in [0, 0.1) is 5.41 Å². The number of aromatic carboxylic acids is 2. The van der Waals surface area contributed by atoms with Crippen molar-refractivity contribution in [2.45, 2.75) is 27.2 Å². The zero-order valence-electron chi connectivity index (χ0n) is 11.6. The van der Waals surface area contributed by atoms with Gasteiger partial charge in [-0.3, -0.25) is 4.79 Å². The van der Waals surface area contributed by atoms with Gasteiger partial charge < -0.3 is 15.5 Å². The highest BCUT2D eigenvalue weighted by Gasteiger charge is 2.26. The van der Waals surface area contributed by atoms with Crippen molar-refractivity contribution < 1.29 is 24.6 Å². The van der Waals surface area contributed by atoms with Gasteiger partial charge in [-0.05, 0) is 24.6 Å². The van der Waals surface area contributed by atoms with E-state index >= 15 is 0 Å². The lowest BCUT2D eigenvalue weighted by Crippen LogP contribution is -2.30. The molecule has 0 atom stereocenters. The van der Waals surface area contributed by atoms with E-state index < -0.39 is 17.4 Å². The molecule has 1 aromatic carbocycles. The zero-order chi connectivity index (χ0) is 15.5. The molecule has 0 fully saturated rings. The summed E-state index contributed by atoms with van der Waals surface area (Å²) < 4.78 is 0. The molecular formula is C14H17NO5. The summed E-state index contributed by atoms with van der Waals surface area (Å²) in [5.74, 6) is -2.77. The quantitative estimate of drug-likeness (QED) is 0.768. The third-order valence-electron chi connectivity index (χ3n) is 3.24. The number of benzene rings is 1. The predicted molar refractivity (Wildman–Crippen MR) is 73.1 cm³/mol. The van der Waals surface area contributed by atoms with E-state index in [9.17, 15) is 14.4 Å². The second kappa shape index (κ2) is 5.73. The molecular weight excluding hydrogens is 262 g/mol. The smallest absolute Gasteiger partial charge is 0.337 e. The number of carbonyl (C=O) groups is 3. The predicted octanol–water partition coefficient (Wildman–Crippen LogP) is 2.46. The summed E-state index contributed by atoms with van der Waals surface area (Å²) in [6.45, 7) is 5.29. The van der Waals surface area contributed by atoms with Gasteiger partial charge in [-0.15, -0.1) is 0 Å². The second-order valence-corrected chi connectivity index (χ2v) is 5.06. The minimum Gasteiger partial charge on any atom is -0.478 e. The number of carbonyl (C=O) groups excluding carboxylic acids is 1. The summed E-state index contributed by atoms with van der Waals surface area (Å²) >= 11 is 0. The fraction of sp³-hybridized carbons (Fsp3) is 0.357. The number of anilines is 1. The Bertz CT molecular complexity index is 563. The van der Waals surface area contributed by atoms with Gasteiger partial charge in [0, 0.05) is 5.41 Å². The molecule has 0 bridgehead atoms. The van der Waals surface area contributed by atoms with E-state index in [0.717, 1.165) is 6.07 Å². The number of hydrogen-bond donors (Lipinski definition) is 3. The Morgan fingerprint density at radius 1 is 1.15 bits per heavy atom. The molecule has 0 saturated heterocycles. The summed E-state index contributed by atoms with van der Waals surface area (Å²) in [5, 5.41) is 20.5. The first-order valence-electron chi connectivity index (χ1n) is 6.11. The Morgan fingerprint density at radius 2 is 1.75 bits per heavy atom. The fourth-order valence-corrected chi connectivity index (χ4v) is 1.42. The van der Waals surface area contributed by atoms with Gasteiger partial charge in [0.25, 0.3) is 0 Å². The van der Waals surface area contributed by atoms with Gasteiger partial charge in [0.15, 0.2) is 0 Å². The van der Waals surface area contributed by atoms with Crippen molar-refractivity contribution >= 4 is 23.5 Å². The number of amides is 1. The summed E-state index contributed by atoms with van der Waals surface area (Å²) in [5.41, 5.74) is -0.909. The van der Waals surface area contributed by atoms with Crippen molar-refractivity contribution in [2.75, 3.05) is 5.32 Å². The zero-order valence-corrected chi connectivity index (χ0v) is 11.6. The molecule has 6 heteroatoms. The van der Waals surface area contributed by atoms with Gasteiger partial charge in [0.05, 0.1) is 16.8 Å². The van der Waals surface area contributed by atoms with Crippen LogP contribution in [0.3, 0.4) is 0 Å². The Balaban J connectivity index is 3.21. The van der Waals surface area contributed by atoms with Crippen molar-refractivity contribution in [3.05, 3.63) is 29.3 Å².